The topological polar surface area (TPSA) is 42.7 Å². The van der Waals surface area contributed by atoms with E-state index in [9.17, 15) is 4.79 Å². The number of nitrogens with zero attached hydrogens (tertiary/aromatic N) is 1. The Bertz CT molecular complexity index is 686. The first-order valence-electron chi connectivity index (χ1n) is 9.57. The van der Waals surface area contributed by atoms with Crippen molar-refractivity contribution < 1.29 is 13.9 Å². The van der Waals surface area contributed by atoms with Crippen molar-refractivity contribution in [2.75, 3.05) is 14.1 Å². The summed E-state index contributed by atoms with van der Waals surface area (Å²) in [4.78, 5) is 15.0. The zero-order valence-corrected chi connectivity index (χ0v) is 15.8. The van der Waals surface area contributed by atoms with E-state index >= 15 is 0 Å². The van der Waals surface area contributed by atoms with E-state index in [1.54, 1.807) is 0 Å². The number of carbonyl (C=O) groups excluding carboxylic acids is 1. The second-order valence-corrected chi connectivity index (χ2v) is 7.50. The molecule has 0 aliphatic heterocycles. The van der Waals surface area contributed by atoms with Gasteiger partial charge in [-0.15, -0.1) is 0 Å². The zero-order chi connectivity index (χ0) is 18.4. The van der Waals surface area contributed by atoms with Crippen molar-refractivity contribution in [1.29, 1.82) is 0 Å². The molecule has 0 amide bonds. The monoisotopic (exact) mass is 355 g/mol. The molecule has 1 fully saturated rings. The molecule has 0 unspecified atom stereocenters. The Kier molecular flexibility index (Phi) is 6.51. The van der Waals surface area contributed by atoms with E-state index in [1.165, 1.54) is 19.3 Å². The van der Waals surface area contributed by atoms with Crippen LogP contribution in [0.1, 0.15) is 55.1 Å². The molecule has 3 rings (SSSR count). The Balaban J connectivity index is 1.66. The van der Waals surface area contributed by atoms with Crippen molar-refractivity contribution in [2.24, 2.45) is 5.92 Å². The number of hydrogen-bond acceptors (Lipinski definition) is 4. The summed E-state index contributed by atoms with van der Waals surface area (Å²) in [5.74, 6) is 1.65. The molecule has 1 saturated carbocycles. The van der Waals surface area contributed by atoms with Crippen LogP contribution in [0.4, 0.5) is 0 Å². The summed E-state index contributed by atoms with van der Waals surface area (Å²) in [5, 5.41) is 0. The Labute approximate surface area is 156 Å². The molecule has 0 N–H and O–H groups in total. The van der Waals surface area contributed by atoms with Gasteiger partial charge in [-0.25, -0.2) is 0 Å². The average Bonchev–Trinajstić information content (AvgIpc) is 3.09. The minimum atomic E-state index is -0.173. The van der Waals surface area contributed by atoms with Crippen LogP contribution in [-0.4, -0.2) is 25.0 Å². The Morgan fingerprint density at radius 3 is 2.46 bits per heavy atom. The highest BCUT2D eigenvalue weighted by molar-refractivity contribution is 5.78. The molecule has 4 nitrogen and oxygen atoms in total. The lowest BCUT2D eigenvalue weighted by atomic mass is 9.77. The lowest BCUT2D eigenvalue weighted by Crippen LogP contribution is -2.25. The lowest BCUT2D eigenvalue weighted by Gasteiger charge is -2.29. The summed E-state index contributed by atoms with van der Waals surface area (Å²) >= 11 is 0. The number of carbonyl (C=O) groups is 1. The largest absolute Gasteiger partial charge is 0.461 e. The first-order chi connectivity index (χ1) is 12.6. The lowest BCUT2D eigenvalue weighted by molar-refractivity contribution is -0.149. The van der Waals surface area contributed by atoms with E-state index in [2.05, 4.69) is 0 Å². The van der Waals surface area contributed by atoms with Gasteiger partial charge >= 0.3 is 5.97 Å². The third-order valence-electron chi connectivity index (χ3n) is 5.08. The van der Waals surface area contributed by atoms with Crippen LogP contribution in [0.2, 0.25) is 0 Å². The first-order valence-corrected chi connectivity index (χ1v) is 9.57. The fraction of sp³-hybridized carbons (Fsp3) is 0.500. The van der Waals surface area contributed by atoms with Gasteiger partial charge in [0, 0.05) is 0 Å². The predicted octanol–water partition coefficient (Wildman–Crippen LogP) is 4.75. The summed E-state index contributed by atoms with van der Waals surface area (Å²) in [6.07, 6.45) is 5.87. The van der Waals surface area contributed by atoms with E-state index in [0.717, 1.165) is 30.7 Å². The molecule has 1 atom stereocenters. The van der Waals surface area contributed by atoms with Crippen LogP contribution in [0.3, 0.4) is 0 Å². The summed E-state index contributed by atoms with van der Waals surface area (Å²) in [6, 6.07) is 13.9. The van der Waals surface area contributed by atoms with Crippen LogP contribution in [0, 0.1) is 5.92 Å². The van der Waals surface area contributed by atoms with Crippen molar-refractivity contribution in [1.82, 2.24) is 4.90 Å². The van der Waals surface area contributed by atoms with Gasteiger partial charge in [0.2, 0.25) is 0 Å². The highest BCUT2D eigenvalue weighted by Gasteiger charge is 2.32. The maximum absolute atomic E-state index is 12.9. The minimum absolute atomic E-state index is 0.131. The first kappa shape index (κ1) is 18.7. The predicted molar refractivity (Wildman–Crippen MR) is 102 cm³/mol. The maximum Gasteiger partial charge on any atom is 0.314 e. The van der Waals surface area contributed by atoms with E-state index in [-0.39, 0.29) is 18.5 Å². The molecular formula is C22H29NO3. The standard InChI is InChI=1S/C22H29NO3/c1-23(2)15-19-13-14-20(26-19)16-25-22(24)21(17-9-5-3-6-10-17)18-11-7-4-8-12-18/h3,5-6,9-10,13-14,18,21H,4,7-8,11-12,15-16H2,1-2H3/t21-/m1/s1. The van der Waals surface area contributed by atoms with Crippen molar-refractivity contribution in [3.8, 4) is 0 Å². The molecule has 2 aromatic rings. The number of benzene rings is 1. The number of furan rings is 1. The second-order valence-electron chi connectivity index (χ2n) is 7.50. The molecule has 1 aliphatic carbocycles. The summed E-state index contributed by atoms with van der Waals surface area (Å²) < 4.78 is 11.4. The number of ether oxygens (including phenoxy) is 1. The third kappa shape index (κ3) is 4.98. The summed E-state index contributed by atoms with van der Waals surface area (Å²) in [5.41, 5.74) is 1.07. The zero-order valence-electron chi connectivity index (χ0n) is 15.8. The molecule has 1 aromatic heterocycles. The Morgan fingerprint density at radius 1 is 1.08 bits per heavy atom. The molecule has 1 heterocycles. The van der Waals surface area contributed by atoms with Gasteiger partial charge in [-0.05, 0) is 50.6 Å². The number of esters is 1. The van der Waals surface area contributed by atoms with Crippen LogP contribution >= 0.6 is 0 Å². The minimum Gasteiger partial charge on any atom is -0.461 e. The van der Waals surface area contributed by atoms with Crippen LogP contribution in [-0.2, 0) is 22.7 Å². The number of rotatable bonds is 7. The van der Waals surface area contributed by atoms with Crippen LogP contribution in [0.15, 0.2) is 46.9 Å². The molecular weight excluding hydrogens is 326 g/mol. The van der Waals surface area contributed by atoms with Gasteiger partial charge in [0.15, 0.2) is 0 Å². The van der Waals surface area contributed by atoms with Crippen molar-refractivity contribution >= 4 is 5.97 Å². The highest BCUT2D eigenvalue weighted by Crippen LogP contribution is 2.37. The molecule has 140 valence electrons. The molecule has 26 heavy (non-hydrogen) atoms. The average molecular weight is 355 g/mol. The van der Waals surface area contributed by atoms with Crippen molar-refractivity contribution in [3.05, 3.63) is 59.5 Å². The van der Waals surface area contributed by atoms with Gasteiger partial charge in [-0.1, -0.05) is 49.6 Å². The van der Waals surface area contributed by atoms with Crippen LogP contribution < -0.4 is 0 Å². The molecule has 4 heteroatoms. The Morgan fingerprint density at radius 2 is 1.77 bits per heavy atom. The van der Waals surface area contributed by atoms with Crippen LogP contribution in [0.5, 0.6) is 0 Å². The maximum atomic E-state index is 12.9. The quantitative estimate of drug-likeness (QED) is 0.672. The molecule has 0 spiro atoms. The van der Waals surface area contributed by atoms with Gasteiger partial charge in [-0.2, -0.15) is 0 Å². The van der Waals surface area contributed by atoms with Crippen LogP contribution in [0.25, 0.3) is 0 Å². The summed E-state index contributed by atoms with van der Waals surface area (Å²) in [6.45, 7) is 0.935. The van der Waals surface area contributed by atoms with Gasteiger partial charge in [-0.3, -0.25) is 4.79 Å². The summed E-state index contributed by atoms with van der Waals surface area (Å²) in [7, 11) is 3.99. The normalized spacial score (nSPS) is 16.6. The van der Waals surface area contributed by atoms with Crippen molar-refractivity contribution in [3.63, 3.8) is 0 Å². The fourth-order valence-corrected chi connectivity index (χ4v) is 3.86. The smallest absolute Gasteiger partial charge is 0.314 e. The van der Waals surface area contributed by atoms with Gasteiger partial charge in [0.1, 0.15) is 18.1 Å². The van der Waals surface area contributed by atoms with Gasteiger partial charge < -0.3 is 14.1 Å². The molecule has 1 aromatic carbocycles. The molecule has 0 bridgehead atoms. The highest BCUT2D eigenvalue weighted by atomic mass is 16.5. The number of hydrogen-bond donors (Lipinski definition) is 0. The molecule has 0 radical (unpaired) electrons. The van der Waals surface area contributed by atoms with Crippen molar-refractivity contribution in [2.45, 2.75) is 51.2 Å². The SMILES string of the molecule is CN(C)Cc1ccc(COC(=O)[C@H](c2ccccc2)C2CCCCC2)o1. The third-order valence-corrected chi connectivity index (χ3v) is 5.08. The second kappa shape index (κ2) is 9.04. The molecule has 0 saturated heterocycles. The van der Waals surface area contributed by atoms with Gasteiger partial charge in [0.25, 0.3) is 0 Å². The van der Waals surface area contributed by atoms with E-state index < -0.39 is 0 Å². The Hall–Kier alpha value is -2.07. The van der Waals surface area contributed by atoms with E-state index in [4.69, 9.17) is 9.15 Å². The van der Waals surface area contributed by atoms with Gasteiger partial charge in [0.05, 0.1) is 12.5 Å². The van der Waals surface area contributed by atoms with E-state index in [0.29, 0.717) is 11.7 Å². The van der Waals surface area contributed by atoms with E-state index in [1.807, 2.05) is 61.5 Å². The fourth-order valence-electron chi connectivity index (χ4n) is 3.86. The molecule has 1 aliphatic rings.